The van der Waals surface area contributed by atoms with E-state index >= 15 is 8.78 Å². The van der Waals surface area contributed by atoms with Gasteiger partial charge in [0.05, 0.1) is 43.3 Å². The number of benzene rings is 1. The van der Waals surface area contributed by atoms with Crippen molar-refractivity contribution in [1.82, 2.24) is 14.3 Å². The smallest absolute Gasteiger partial charge is 0.409 e. The Morgan fingerprint density at radius 3 is 2.76 bits per heavy atom. The van der Waals surface area contributed by atoms with Gasteiger partial charge in [0.2, 0.25) is 0 Å². The molecular weight excluding hydrogens is 460 g/mol. The summed E-state index contributed by atoms with van der Waals surface area (Å²) in [4.78, 5) is 19.0. The largest absolute Gasteiger partial charge is 0.453 e. The summed E-state index contributed by atoms with van der Waals surface area (Å²) in [5.41, 5.74) is 2.74. The van der Waals surface area contributed by atoms with Crippen LogP contribution in [0.1, 0.15) is 11.3 Å². The van der Waals surface area contributed by atoms with Crippen molar-refractivity contribution in [2.24, 2.45) is 0 Å². The van der Waals surface area contributed by atoms with Crippen LogP contribution in [-0.2, 0) is 15.9 Å². The van der Waals surface area contributed by atoms with Crippen LogP contribution in [0.15, 0.2) is 48.0 Å². The minimum absolute atomic E-state index is 0.169. The van der Waals surface area contributed by atoms with Gasteiger partial charge in [0.1, 0.15) is 17.3 Å². The number of aryl methyl sites for hydroxylation is 1. The van der Waals surface area contributed by atoms with E-state index in [-0.39, 0.29) is 17.4 Å². The third-order valence-electron chi connectivity index (χ3n) is 5.96. The normalized spacial score (nSPS) is 16.2. The molecule has 6 nitrogen and oxygen atoms in total. The Kier molecular flexibility index (Phi) is 6.05. The number of rotatable bonds is 4. The number of pyridine rings is 1. The van der Waals surface area contributed by atoms with E-state index in [4.69, 9.17) is 9.47 Å². The van der Waals surface area contributed by atoms with Crippen molar-refractivity contribution in [3.05, 3.63) is 70.9 Å². The number of ether oxygens (including phenoxy) is 2. The van der Waals surface area contributed by atoms with Crippen LogP contribution in [0.25, 0.3) is 27.3 Å². The van der Waals surface area contributed by atoms with Crippen molar-refractivity contribution in [1.29, 1.82) is 0 Å². The Bertz CT molecular complexity index is 1330. The number of halogens is 2. The SMILES string of the molecule is COC(=O)N1CCO[C@@H](Cc2c(-c3c(F)cc(-c4cccs4)cc3F)nc3cc(C)ccn23)C1. The van der Waals surface area contributed by atoms with E-state index in [1.165, 1.54) is 30.6 Å². The monoisotopic (exact) mass is 483 g/mol. The Hall–Kier alpha value is -3.30. The highest BCUT2D eigenvalue weighted by Gasteiger charge is 2.29. The Labute approximate surface area is 199 Å². The molecule has 1 fully saturated rings. The van der Waals surface area contributed by atoms with E-state index in [1.54, 1.807) is 4.90 Å². The first kappa shape index (κ1) is 22.5. The van der Waals surface area contributed by atoms with Crippen LogP contribution in [0.2, 0.25) is 0 Å². The van der Waals surface area contributed by atoms with Gasteiger partial charge in [0.25, 0.3) is 0 Å². The summed E-state index contributed by atoms with van der Waals surface area (Å²) < 4.78 is 43.3. The summed E-state index contributed by atoms with van der Waals surface area (Å²) in [5, 5.41) is 1.86. The van der Waals surface area contributed by atoms with Gasteiger partial charge in [-0.15, -0.1) is 11.3 Å². The molecule has 176 valence electrons. The number of nitrogens with zero attached hydrogens (tertiary/aromatic N) is 3. The van der Waals surface area contributed by atoms with Gasteiger partial charge in [-0.1, -0.05) is 6.07 Å². The summed E-state index contributed by atoms with van der Waals surface area (Å²) in [7, 11) is 1.34. The Morgan fingerprint density at radius 1 is 1.26 bits per heavy atom. The second-order valence-corrected chi connectivity index (χ2v) is 9.19. The molecular formula is C25H23F2N3O3S. The first-order valence-electron chi connectivity index (χ1n) is 10.9. The first-order valence-corrected chi connectivity index (χ1v) is 11.8. The molecule has 1 atom stereocenters. The second kappa shape index (κ2) is 9.15. The lowest BCUT2D eigenvalue weighted by Crippen LogP contribution is -2.46. The number of fused-ring (bicyclic) bond motifs is 1. The molecule has 1 aliphatic rings. The average Bonchev–Trinajstić information content (AvgIpc) is 3.47. The van der Waals surface area contributed by atoms with E-state index in [0.29, 0.717) is 43.0 Å². The molecule has 0 N–H and O–H groups in total. The fraction of sp³-hybridized carbons (Fsp3) is 0.280. The van der Waals surface area contributed by atoms with E-state index in [1.807, 2.05) is 47.2 Å². The van der Waals surface area contributed by atoms with E-state index in [9.17, 15) is 4.79 Å². The van der Waals surface area contributed by atoms with Crippen molar-refractivity contribution in [3.63, 3.8) is 0 Å². The highest BCUT2D eigenvalue weighted by atomic mass is 32.1. The molecule has 0 unspecified atom stereocenters. The molecule has 0 bridgehead atoms. The van der Waals surface area contributed by atoms with Crippen LogP contribution in [0.4, 0.5) is 13.6 Å². The summed E-state index contributed by atoms with van der Waals surface area (Å²) in [5.74, 6) is -1.35. The molecule has 1 aromatic carbocycles. The number of carbonyl (C=O) groups excluding carboxylic acids is 1. The molecule has 0 saturated carbocycles. The molecule has 0 spiro atoms. The van der Waals surface area contributed by atoms with Gasteiger partial charge >= 0.3 is 6.09 Å². The Morgan fingerprint density at radius 2 is 2.06 bits per heavy atom. The maximum Gasteiger partial charge on any atom is 0.409 e. The van der Waals surface area contributed by atoms with Gasteiger partial charge < -0.3 is 18.8 Å². The van der Waals surface area contributed by atoms with Gasteiger partial charge in [-0.3, -0.25) is 0 Å². The summed E-state index contributed by atoms with van der Waals surface area (Å²) in [6.07, 6.45) is 1.36. The average molecular weight is 484 g/mol. The highest BCUT2D eigenvalue weighted by Crippen LogP contribution is 2.35. The van der Waals surface area contributed by atoms with Gasteiger partial charge in [-0.25, -0.2) is 18.6 Å². The molecule has 9 heteroatoms. The number of methoxy groups -OCH3 is 1. The third-order valence-corrected chi connectivity index (χ3v) is 6.88. The predicted molar refractivity (Wildman–Crippen MR) is 126 cm³/mol. The predicted octanol–water partition coefficient (Wildman–Crippen LogP) is 5.33. The van der Waals surface area contributed by atoms with Crippen LogP contribution >= 0.6 is 11.3 Å². The highest BCUT2D eigenvalue weighted by molar-refractivity contribution is 7.13. The lowest BCUT2D eigenvalue weighted by atomic mass is 10.0. The Balaban J connectivity index is 1.58. The molecule has 1 aliphatic heterocycles. The lowest BCUT2D eigenvalue weighted by molar-refractivity contribution is -0.0241. The number of morpholine rings is 1. The molecule has 3 aromatic heterocycles. The number of hydrogen-bond acceptors (Lipinski definition) is 5. The van der Waals surface area contributed by atoms with Crippen LogP contribution in [0.5, 0.6) is 0 Å². The van der Waals surface area contributed by atoms with Crippen LogP contribution in [0.3, 0.4) is 0 Å². The van der Waals surface area contributed by atoms with Crippen LogP contribution in [0, 0.1) is 18.6 Å². The van der Waals surface area contributed by atoms with Gasteiger partial charge in [0.15, 0.2) is 0 Å². The molecule has 1 saturated heterocycles. The number of imidazole rings is 1. The molecule has 1 amide bonds. The van der Waals surface area contributed by atoms with E-state index < -0.39 is 17.7 Å². The van der Waals surface area contributed by atoms with Crippen molar-refractivity contribution in [3.8, 4) is 21.7 Å². The standard InChI is InChI=1S/C25H23F2N3O3S/c1-15-5-6-30-20(13-17-14-29(7-8-33-17)25(31)32-2)24(28-22(30)10-15)23-18(26)11-16(12-19(23)27)21-4-3-9-34-21/h3-6,9-12,17H,7-8,13-14H2,1-2H3/t17-/m0/s1. The maximum absolute atomic E-state index is 15.4. The number of thiophene rings is 1. The van der Waals surface area contributed by atoms with Crippen LogP contribution < -0.4 is 0 Å². The minimum atomic E-state index is -0.675. The molecule has 4 aromatic rings. The zero-order chi connectivity index (χ0) is 23.8. The van der Waals surface area contributed by atoms with Crippen LogP contribution in [-0.4, -0.2) is 53.3 Å². The van der Waals surface area contributed by atoms with Crippen molar-refractivity contribution >= 4 is 23.1 Å². The van der Waals surface area contributed by atoms with E-state index in [0.717, 1.165) is 10.4 Å². The minimum Gasteiger partial charge on any atom is -0.453 e. The summed E-state index contributed by atoms with van der Waals surface area (Å²) in [6.45, 7) is 3.02. The molecule has 5 rings (SSSR count). The molecule has 4 heterocycles. The zero-order valence-electron chi connectivity index (χ0n) is 18.8. The van der Waals surface area contributed by atoms with Gasteiger partial charge in [-0.05, 0) is 53.8 Å². The summed E-state index contributed by atoms with van der Waals surface area (Å²) in [6, 6.07) is 10.1. The van der Waals surface area contributed by atoms with Crippen molar-refractivity contribution < 1.29 is 23.0 Å². The number of amides is 1. The van der Waals surface area contributed by atoms with Crippen molar-refractivity contribution in [2.45, 2.75) is 19.4 Å². The fourth-order valence-electron chi connectivity index (χ4n) is 4.33. The van der Waals surface area contributed by atoms with E-state index in [2.05, 4.69) is 4.98 Å². The topological polar surface area (TPSA) is 56.1 Å². The second-order valence-electron chi connectivity index (χ2n) is 8.24. The molecule has 34 heavy (non-hydrogen) atoms. The number of hydrogen-bond donors (Lipinski definition) is 0. The number of aromatic nitrogens is 2. The zero-order valence-corrected chi connectivity index (χ0v) is 19.6. The maximum atomic E-state index is 15.4. The van der Waals surface area contributed by atoms with Crippen molar-refractivity contribution in [2.75, 3.05) is 26.8 Å². The number of carbonyl (C=O) groups is 1. The third kappa shape index (κ3) is 4.17. The van der Waals surface area contributed by atoms with Gasteiger partial charge in [-0.2, -0.15) is 0 Å². The molecule has 0 aliphatic carbocycles. The lowest BCUT2D eigenvalue weighted by Gasteiger charge is -2.32. The molecule has 0 radical (unpaired) electrons. The first-order chi connectivity index (χ1) is 16.4. The fourth-order valence-corrected chi connectivity index (χ4v) is 5.05. The van der Waals surface area contributed by atoms with Gasteiger partial charge in [0, 0.05) is 24.0 Å². The quantitative estimate of drug-likeness (QED) is 0.394. The summed E-state index contributed by atoms with van der Waals surface area (Å²) >= 11 is 1.42.